The molecule has 0 saturated heterocycles. The van der Waals surface area contributed by atoms with Crippen molar-refractivity contribution >= 4 is 23.2 Å². The summed E-state index contributed by atoms with van der Waals surface area (Å²) in [5.74, 6) is 2.58. The molecule has 0 spiro atoms. The molecular formula is C6H8Cl2O. The van der Waals surface area contributed by atoms with Gasteiger partial charge in [-0.2, -0.15) is 0 Å². The molecule has 0 heterocycles. The van der Waals surface area contributed by atoms with Crippen LogP contribution < -0.4 is 0 Å². The Hall–Kier alpha value is 0.1000. The van der Waals surface area contributed by atoms with Crippen LogP contribution in [0.5, 0.6) is 0 Å². The number of hydrogen-bond acceptors (Lipinski definition) is 1. The fraction of sp³-hybridized carbons (Fsp3) is 0.667. The van der Waals surface area contributed by atoms with Gasteiger partial charge < -0.3 is 4.74 Å². The summed E-state index contributed by atoms with van der Waals surface area (Å²) >= 11 is 10.7. The molecule has 0 amide bonds. The smallest absolute Gasteiger partial charge is 0.0977 e. The van der Waals surface area contributed by atoms with Gasteiger partial charge in [-0.15, -0.1) is 11.6 Å². The molecule has 1 unspecified atom stereocenters. The molecule has 1 atom stereocenters. The predicted octanol–water partition coefficient (Wildman–Crippen LogP) is 1.83. The van der Waals surface area contributed by atoms with E-state index < -0.39 is 0 Å². The van der Waals surface area contributed by atoms with Crippen LogP contribution in [0, 0.1) is 11.3 Å². The first kappa shape index (κ1) is 9.10. The molecule has 0 rings (SSSR count). The quantitative estimate of drug-likeness (QED) is 0.460. The lowest BCUT2D eigenvalue weighted by Crippen LogP contribution is -1.99. The van der Waals surface area contributed by atoms with Gasteiger partial charge in [-0.25, -0.2) is 0 Å². The minimum atomic E-state index is -0.178. The third-order valence-electron chi connectivity index (χ3n) is 0.787. The Morgan fingerprint density at radius 1 is 1.67 bits per heavy atom. The summed E-state index contributed by atoms with van der Waals surface area (Å²) in [7, 11) is 1.62. The van der Waals surface area contributed by atoms with E-state index in [1.165, 1.54) is 0 Å². The average molecular weight is 167 g/mol. The molecule has 0 aliphatic carbocycles. The van der Waals surface area contributed by atoms with Crippen molar-refractivity contribution in [1.29, 1.82) is 0 Å². The highest BCUT2D eigenvalue weighted by atomic mass is 35.5. The first-order valence-electron chi connectivity index (χ1n) is 2.55. The lowest BCUT2D eigenvalue weighted by Gasteiger charge is -1.97. The Bertz CT molecular complexity index is 114. The Morgan fingerprint density at radius 3 is 2.78 bits per heavy atom. The van der Waals surface area contributed by atoms with Gasteiger partial charge in [-0.1, -0.05) is 5.92 Å². The molecule has 0 N–H and O–H groups in total. The molecule has 52 valence electrons. The van der Waals surface area contributed by atoms with Crippen molar-refractivity contribution in [3.63, 3.8) is 0 Å². The summed E-state index contributed by atoms with van der Waals surface area (Å²) in [5.41, 5.74) is 0. The predicted molar refractivity (Wildman–Crippen MR) is 39.8 cm³/mol. The first-order valence-corrected chi connectivity index (χ1v) is 3.37. The number of ether oxygens (including phenoxy) is 1. The second-order valence-electron chi connectivity index (χ2n) is 1.49. The van der Waals surface area contributed by atoms with E-state index in [4.69, 9.17) is 27.9 Å². The summed E-state index contributed by atoms with van der Waals surface area (Å²) in [6.45, 7) is 0.625. The molecule has 0 aromatic rings. The van der Waals surface area contributed by atoms with Crippen LogP contribution in [-0.4, -0.2) is 19.1 Å². The van der Waals surface area contributed by atoms with Gasteiger partial charge >= 0.3 is 0 Å². The molecule has 0 radical (unpaired) electrons. The van der Waals surface area contributed by atoms with Crippen molar-refractivity contribution in [3.8, 4) is 11.3 Å². The average Bonchev–Trinajstić information content (AvgIpc) is 1.85. The van der Waals surface area contributed by atoms with Crippen LogP contribution in [0.25, 0.3) is 0 Å². The highest BCUT2D eigenvalue weighted by molar-refractivity contribution is 6.31. The summed E-state index contributed by atoms with van der Waals surface area (Å²) in [6, 6.07) is 0. The van der Waals surface area contributed by atoms with E-state index in [0.717, 1.165) is 6.42 Å². The Morgan fingerprint density at radius 2 is 2.33 bits per heavy atom. The van der Waals surface area contributed by atoms with E-state index in [-0.39, 0.29) is 5.38 Å². The molecule has 0 saturated carbocycles. The van der Waals surface area contributed by atoms with Crippen molar-refractivity contribution in [2.24, 2.45) is 0 Å². The van der Waals surface area contributed by atoms with Crippen molar-refractivity contribution in [3.05, 3.63) is 0 Å². The largest absolute Gasteiger partial charge is 0.385 e. The molecule has 3 heteroatoms. The Balaban J connectivity index is 3.23. The van der Waals surface area contributed by atoms with Gasteiger partial charge in [0.25, 0.3) is 0 Å². The number of methoxy groups -OCH3 is 1. The van der Waals surface area contributed by atoms with Crippen LogP contribution in [-0.2, 0) is 4.74 Å². The normalized spacial score (nSPS) is 11.9. The van der Waals surface area contributed by atoms with E-state index in [2.05, 4.69) is 11.3 Å². The molecule has 0 aromatic carbocycles. The maximum atomic E-state index is 5.62. The zero-order valence-electron chi connectivity index (χ0n) is 5.16. The molecule has 1 nitrogen and oxygen atoms in total. The zero-order valence-corrected chi connectivity index (χ0v) is 6.67. The number of halogens is 2. The van der Waals surface area contributed by atoms with Gasteiger partial charge in [0.2, 0.25) is 0 Å². The Kier molecular flexibility index (Phi) is 6.29. The molecule has 0 fully saturated rings. The highest BCUT2D eigenvalue weighted by Gasteiger charge is 1.96. The van der Waals surface area contributed by atoms with E-state index >= 15 is 0 Å². The van der Waals surface area contributed by atoms with Crippen molar-refractivity contribution in [2.75, 3.05) is 13.7 Å². The van der Waals surface area contributed by atoms with Crippen molar-refractivity contribution in [2.45, 2.75) is 11.8 Å². The lowest BCUT2D eigenvalue weighted by molar-refractivity contribution is 0.197. The summed E-state index contributed by atoms with van der Waals surface area (Å²) in [6.07, 6.45) is 0.720. The number of hydrogen-bond donors (Lipinski definition) is 0. The van der Waals surface area contributed by atoms with Crippen LogP contribution >= 0.6 is 23.2 Å². The highest BCUT2D eigenvalue weighted by Crippen LogP contribution is 1.99. The number of rotatable bonds is 3. The van der Waals surface area contributed by atoms with Crippen molar-refractivity contribution < 1.29 is 4.74 Å². The van der Waals surface area contributed by atoms with Crippen LogP contribution in [0.15, 0.2) is 0 Å². The zero-order chi connectivity index (χ0) is 7.11. The third kappa shape index (κ3) is 5.98. The van der Waals surface area contributed by atoms with Gasteiger partial charge in [-0.3, -0.25) is 0 Å². The standard InChI is InChI=1S/C6H8Cl2O/c1-9-5-3-6(8)2-4-7/h6H,3,5H2,1H3. The van der Waals surface area contributed by atoms with Crippen LogP contribution in [0.4, 0.5) is 0 Å². The van der Waals surface area contributed by atoms with Gasteiger partial charge in [0.05, 0.1) is 5.38 Å². The monoisotopic (exact) mass is 166 g/mol. The van der Waals surface area contributed by atoms with Gasteiger partial charge in [0.1, 0.15) is 0 Å². The SMILES string of the molecule is COCCC(Cl)C#CCl. The molecule has 0 aliphatic rings. The minimum Gasteiger partial charge on any atom is -0.385 e. The molecule has 0 aliphatic heterocycles. The van der Waals surface area contributed by atoms with Crippen LogP contribution in [0.1, 0.15) is 6.42 Å². The molecule has 9 heavy (non-hydrogen) atoms. The number of alkyl halides is 1. The van der Waals surface area contributed by atoms with E-state index in [1.54, 1.807) is 7.11 Å². The van der Waals surface area contributed by atoms with Gasteiger partial charge in [-0.05, 0) is 18.0 Å². The second-order valence-corrected chi connectivity index (χ2v) is 2.20. The maximum Gasteiger partial charge on any atom is 0.0977 e. The summed E-state index contributed by atoms with van der Waals surface area (Å²) < 4.78 is 4.76. The molecule has 0 bridgehead atoms. The third-order valence-corrected chi connectivity index (χ3v) is 1.22. The van der Waals surface area contributed by atoms with E-state index in [9.17, 15) is 0 Å². The summed E-state index contributed by atoms with van der Waals surface area (Å²) in [5, 5.41) is 2.03. The maximum absolute atomic E-state index is 5.62. The van der Waals surface area contributed by atoms with Crippen LogP contribution in [0.2, 0.25) is 0 Å². The fourth-order valence-electron chi connectivity index (χ4n) is 0.353. The Labute approximate surface area is 65.3 Å². The molecular weight excluding hydrogens is 159 g/mol. The van der Waals surface area contributed by atoms with Crippen molar-refractivity contribution in [1.82, 2.24) is 0 Å². The van der Waals surface area contributed by atoms with E-state index in [0.29, 0.717) is 6.61 Å². The van der Waals surface area contributed by atoms with Gasteiger partial charge in [0.15, 0.2) is 0 Å². The first-order chi connectivity index (χ1) is 4.31. The topological polar surface area (TPSA) is 9.23 Å². The minimum absolute atomic E-state index is 0.178. The summed E-state index contributed by atoms with van der Waals surface area (Å²) in [4.78, 5) is 0. The van der Waals surface area contributed by atoms with Gasteiger partial charge in [0, 0.05) is 19.1 Å². The molecule has 0 aromatic heterocycles. The fourth-order valence-corrected chi connectivity index (χ4v) is 0.684. The van der Waals surface area contributed by atoms with Crippen LogP contribution in [0.3, 0.4) is 0 Å². The second kappa shape index (κ2) is 6.22. The van der Waals surface area contributed by atoms with E-state index in [1.807, 2.05) is 0 Å². The lowest BCUT2D eigenvalue weighted by atomic mass is 10.3.